The third-order valence-corrected chi connectivity index (χ3v) is 2.86. The lowest BCUT2D eigenvalue weighted by atomic mass is 9.87. The van der Waals surface area contributed by atoms with Crippen LogP contribution in [0, 0.1) is 0 Å². The molecule has 0 radical (unpaired) electrons. The molecule has 0 aromatic heterocycles. The van der Waals surface area contributed by atoms with Crippen LogP contribution >= 0.6 is 0 Å². The van der Waals surface area contributed by atoms with Gasteiger partial charge in [0.05, 0.1) is 0 Å². The molecule has 0 bridgehead atoms. The molecule has 1 aliphatic heterocycles. The predicted molar refractivity (Wildman–Crippen MR) is 75.0 cm³/mol. The monoisotopic (exact) mass is 225 g/mol. The topological polar surface area (TPSA) is 3.24 Å². The van der Waals surface area contributed by atoms with Gasteiger partial charge in [0.2, 0.25) is 0 Å². The van der Waals surface area contributed by atoms with E-state index in [9.17, 15) is 0 Å². The maximum atomic E-state index is 2.23. The Kier molecular flexibility index (Phi) is 3.19. The van der Waals surface area contributed by atoms with Crippen LogP contribution in [-0.4, -0.2) is 0 Å². The molecule has 1 aromatic rings. The Labute approximate surface area is 104 Å². The van der Waals surface area contributed by atoms with Crippen molar-refractivity contribution in [2.24, 2.45) is 0 Å². The van der Waals surface area contributed by atoms with Crippen LogP contribution in [0.25, 0.3) is 0 Å². The number of allylic oxidation sites excluding steroid dienone is 4. The molecular formula is C16H19N. The number of hydrogen-bond donors (Lipinski definition) is 0. The fourth-order valence-electron chi connectivity index (χ4n) is 1.77. The first kappa shape index (κ1) is 11.7. The summed E-state index contributed by atoms with van der Waals surface area (Å²) in [5.41, 5.74) is 2.77. The second-order valence-corrected chi connectivity index (χ2v) is 5.27. The summed E-state index contributed by atoms with van der Waals surface area (Å²) in [6.45, 7) is 6.70. The van der Waals surface area contributed by atoms with E-state index in [1.807, 2.05) is 24.3 Å². The van der Waals surface area contributed by atoms with Crippen LogP contribution in [0.15, 0.2) is 61.0 Å². The quantitative estimate of drug-likeness (QED) is 0.685. The molecule has 1 heteroatoms. The smallest absolute Gasteiger partial charge is 0.0449 e. The van der Waals surface area contributed by atoms with Gasteiger partial charge >= 0.3 is 0 Å². The molecule has 0 spiro atoms. The Morgan fingerprint density at radius 3 is 1.76 bits per heavy atom. The van der Waals surface area contributed by atoms with Crippen molar-refractivity contribution < 1.29 is 0 Å². The predicted octanol–water partition coefficient (Wildman–Crippen LogP) is 4.39. The van der Waals surface area contributed by atoms with Crippen molar-refractivity contribution in [3.63, 3.8) is 0 Å². The summed E-state index contributed by atoms with van der Waals surface area (Å²) in [6, 6.07) is 8.74. The number of hydrogen-bond acceptors (Lipinski definition) is 1. The Balaban J connectivity index is 2.24. The van der Waals surface area contributed by atoms with Gasteiger partial charge in [0.15, 0.2) is 0 Å². The fourth-order valence-corrected chi connectivity index (χ4v) is 1.77. The van der Waals surface area contributed by atoms with Gasteiger partial charge in [-0.05, 0) is 35.3 Å². The molecule has 0 amide bonds. The zero-order valence-corrected chi connectivity index (χ0v) is 10.7. The Bertz CT molecular complexity index is 439. The second-order valence-electron chi connectivity index (χ2n) is 5.27. The Hall–Kier alpha value is -1.76. The number of rotatable bonds is 1. The van der Waals surface area contributed by atoms with Crippen molar-refractivity contribution in [3.05, 3.63) is 66.5 Å². The van der Waals surface area contributed by atoms with E-state index in [4.69, 9.17) is 0 Å². The number of benzene rings is 1. The summed E-state index contributed by atoms with van der Waals surface area (Å²) in [5, 5.41) is 0. The summed E-state index contributed by atoms with van der Waals surface area (Å²) in [5.74, 6) is 0. The standard InChI is InChI=1S/C16H19N/c1-16(2,3)14-8-10-15(11-9-14)17-12-6-4-5-7-13-17/h4-13H,1-3H3. The van der Waals surface area contributed by atoms with Crippen molar-refractivity contribution in [3.8, 4) is 0 Å². The number of nitrogens with zero attached hydrogens (tertiary/aromatic N) is 1. The van der Waals surface area contributed by atoms with E-state index in [1.165, 1.54) is 11.3 Å². The molecule has 17 heavy (non-hydrogen) atoms. The molecule has 1 aromatic carbocycles. The normalized spacial score (nSPS) is 15.1. The van der Waals surface area contributed by atoms with Gasteiger partial charge in [-0.15, -0.1) is 0 Å². The highest BCUT2D eigenvalue weighted by Crippen LogP contribution is 2.25. The lowest BCUT2D eigenvalue weighted by molar-refractivity contribution is 0.590. The maximum absolute atomic E-state index is 2.23. The highest BCUT2D eigenvalue weighted by atomic mass is 15.1. The molecular weight excluding hydrogens is 206 g/mol. The number of anilines is 1. The van der Waals surface area contributed by atoms with Crippen molar-refractivity contribution >= 4 is 5.69 Å². The van der Waals surface area contributed by atoms with Crippen molar-refractivity contribution in [2.45, 2.75) is 26.2 Å². The molecule has 0 fully saturated rings. The Morgan fingerprint density at radius 1 is 0.765 bits per heavy atom. The van der Waals surface area contributed by atoms with Gasteiger partial charge in [0.25, 0.3) is 0 Å². The fraction of sp³-hybridized carbons (Fsp3) is 0.250. The van der Waals surface area contributed by atoms with Gasteiger partial charge < -0.3 is 4.90 Å². The van der Waals surface area contributed by atoms with E-state index in [1.54, 1.807) is 0 Å². The molecule has 0 aliphatic carbocycles. The Morgan fingerprint density at radius 2 is 1.29 bits per heavy atom. The highest BCUT2D eigenvalue weighted by molar-refractivity contribution is 5.54. The van der Waals surface area contributed by atoms with Crippen molar-refractivity contribution in [1.29, 1.82) is 0 Å². The SMILES string of the molecule is CC(C)(C)c1ccc(N2C=CC=CC=C2)cc1. The van der Waals surface area contributed by atoms with Crippen LogP contribution in [0.4, 0.5) is 5.69 Å². The lowest BCUT2D eigenvalue weighted by Crippen LogP contribution is -2.12. The minimum Gasteiger partial charge on any atom is -0.324 e. The van der Waals surface area contributed by atoms with Crippen LogP contribution in [-0.2, 0) is 5.41 Å². The molecule has 0 N–H and O–H groups in total. The zero-order chi connectivity index (χ0) is 12.3. The van der Waals surface area contributed by atoms with Crippen LogP contribution in [0.5, 0.6) is 0 Å². The zero-order valence-electron chi connectivity index (χ0n) is 10.7. The highest BCUT2D eigenvalue weighted by Gasteiger charge is 2.13. The van der Waals surface area contributed by atoms with E-state index < -0.39 is 0 Å². The summed E-state index contributed by atoms with van der Waals surface area (Å²) in [6.07, 6.45) is 12.3. The molecule has 0 atom stereocenters. The third kappa shape index (κ3) is 2.88. The molecule has 0 unspecified atom stereocenters. The van der Waals surface area contributed by atoms with Gasteiger partial charge in [0, 0.05) is 18.1 Å². The van der Waals surface area contributed by atoms with Gasteiger partial charge in [-0.3, -0.25) is 0 Å². The lowest BCUT2D eigenvalue weighted by Gasteiger charge is -2.21. The van der Waals surface area contributed by atoms with E-state index in [0.717, 1.165) is 0 Å². The van der Waals surface area contributed by atoms with E-state index in [-0.39, 0.29) is 5.41 Å². The molecule has 1 heterocycles. The van der Waals surface area contributed by atoms with Gasteiger partial charge in [0.1, 0.15) is 0 Å². The van der Waals surface area contributed by atoms with Crippen LogP contribution in [0.3, 0.4) is 0 Å². The molecule has 2 rings (SSSR count). The summed E-state index contributed by atoms with van der Waals surface area (Å²) < 4.78 is 0. The van der Waals surface area contributed by atoms with Crippen LogP contribution in [0.1, 0.15) is 26.3 Å². The minimum absolute atomic E-state index is 0.213. The van der Waals surface area contributed by atoms with E-state index in [2.05, 4.69) is 62.3 Å². The summed E-state index contributed by atoms with van der Waals surface area (Å²) >= 11 is 0. The minimum atomic E-state index is 0.213. The molecule has 0 saturated heterocycles. The second kappa shape index (κ2) is 4.62. The van der Waals surface area contributed by atoms with Crippen LogP contribution in [0.2, 0.25) is 0 Å². The largest absolute Gasteiger partial charge is 0.324 e. The molecule has 1 nitrogen and oxygen atoms in total. The first-order chi connectivity index (χ1) is 8.07. The summed E-state index contributed by atoms with van der Waals surface area (Å²) in [7, 11) is 0. The van der Waals surface area contributed by atoms with Crippen molar-refractivity contribution in [1.82, 2.24) is 0 Å². The molecule has 1 aliphatic rings. The van der Waals surface area contributed by atoms with E-state index >= 15 is 0 Å². The first-order valence-electron chi connectivity index (χ1n) is 5.98. The average molecular weight is 225 g/mol. The van der Waals surface area contributed by atoms with Gasteiger partial charge in [-0.1, -0.05) is 45.1 Å². The van der Waals surface area contributed by atoms with Crippen LogP contribution < -0.4 is 4.90 Å². The van der Waals surface area contributed by atoms with Gasteiger partial charge in [-0.25, -0.2) is 0 Å². The van der Waals surface area contributed by atoms with E-state index in [0.29, 0.717) is 0 Å². The molecule has 0 saturated carbocycles. The summed E-state index contributed by atoms with van der Waals surface area (Å²) in [4.78, 5) is 2.12. The van der Waals surface area contributed by atoms with Gasteiger partial charge in [-0.2, -0.15) is 0 Å². The average Bonchev–Trinajstić information content (AvgIpc) is 2.56. The van der Waals surface area contributed by atoms with Crippen molar-refractivity contribution in [2.75, 3.05) is 4.90 Å². The molecule has 88 valence electrons. The maximum Gasteiger partial charge on any atom is 0.0449 e. The first-order valence-corrected chi connectivity index (χ1v) is 5.98. The third-order valence-electron chi connectivity index (χ3n) is 2.86.